The second-order valence-electron chi connectivity index (χ2n) is 8.15. The molecule has 0 radical (unpaired) electrons. The molecule has 1 aliphatic carbocycles. The van der Waals surface area contributed by atoms with Crippen LogP contribution in [0.15, 0.2) is 60.7 Å². The summed E-state index contributed by atoms with van der Waals surface area (Å²) in [6.45, 7) is -0.0709. The second kappa shape index (κ2) is 11.4. The molecule has 2 aromatic carbocycles. The van der Waals surface area contributed by atoms with E-state index in [0.29, 0.717) is 6.42 Å². The number of carbonyl (C=O) groups is 4. The van der Waals surface area contributed by atoms with Gasteiger partial charge >= 0.3 is 17.9 Å². The van der Waals surface area contributed by atoms with Gasteiger partial charge in [-0.05, 0) is 29.9 Å². The standard InChI is InChI=1S/C26H28O7/c1-31-23(28)14-15-26(21-12-13-22(27)16-21,24(29)32-17-19-8-4-2-5-9-19)25(30)33-18-20-10-6-3-7-11-20/h2-11,21H,12-18H2,1H3/t21-/m0/s1. The molecule has 0 aromatic heterocycles. The number of rotatable bonds is 10. The third-order valence-electron chi connectivity index (χ3n) is 6.05. The van der Waals surface area contributed by atoms with Gasteiger partial charge in [0.1, 0.15) is 19.0 Å². The van der Waals surface area contributed by atoms with Gasteiger partial charge in [0.15, 0.2) is 5.41 Å². The number of hydrogen-bond donors (Lipinski definition) is 0. The molecule has 33 heavy (non-hydrogen) atoms. The van der Waals surface area contributed by atoms with Crippen molar-refractivity contribution in [2.45, 2.75) is 45.3 Å². The predicted octanol–water partition coefficient (Wildman–Crippen LogP) is 3.78. The molecule has 0 saturated heterocycles. The molecule has 0 bridgehead atoms. The monoisotopic (exact) mass is 452 g/mol. The van der Waals surface area contributed by atoms with Crippen molar-refractivity contribution in [2.24, 2.45) is 11.3 Å². The number of benzene rings is 2. The van der Waals surface area contributed by atoms with Gasteiger partial charge in [-0.15, -0.1) is 0 Å². The van der Waals surface area contributed by atoms with Crippen LogP contribution < -0.4 is 0 Å². The van der Waals surface area contributed by atoms with Gasteiger partial charge in [0.05, 0.1) is 7.11 Å². The quantitative estimate of drug-likeness (QED) is 0.307. The van der Waals surface area contributed by atoms with Gasteiger partial charge in [0.2, 0.25) is 0 Å². The number of methoxy groups -OCH3 is 1. The van der Waals surface area contributed by atoms with Crippen molar-refractivity contribution in [3.8, 4) is 0 Å². The van der Waals surface area contributed by atoms with Gasteiger partial charge in [-0.3, -0.25) is 19.2 Å². The van der Waals surface area contributed by atoms with Crippen LogP contribution in [0.5, 0.6) is 0 Å². The molecular weight excluding hydrogens is 424 g/mol. The number of esters is 3. The Kier molecular flexibility index (Phi) is 8.35. The highest BCUT2D eigenvalue weighted by Gasteiger charge is 2.56. The molecule has 0 aliphatic heterocycles. The Bertz CT molecular complexity index is 913. The molecule has 0 amide bonds. The zero-order valence-electron chi connectivity index (χ0n) is 18.7. The Labute approximate surface area is 193 Å². The van der Waals surface area contributed by atoms with E-state index >= 15 is 0 Å². The molecule has 174 valence electrons. The van der Waals surface area contributed by atoms with Crippen molar-refractivity contribution < 1.29 is 33.4 Å². The fourth-order valence-corrected chi connectivity index (χ4v) is 4.16. The largest absolute Gasteiger partial charge is 0.469 e. The maximum absolute atomic E-state index is 13.5. The molecule has 1 atom stereocenters. The summed E-state index contributed by atoms with van der Waals surface area (Å²) in [7, 11) is 1.24. The highest BCUT2D eigenvalue weighted by atomic mass is 16.6. The van der Waals surface area contributed by atoms with Gasteiger partial charge in [-0.1, -0.05) is 60.7 Å². The molecule has 7 heteroatoms. The molecule has 3 rings (SSSR count). The molecule has 1 saturated carbocycles. The molecular formula is C26H28O7. The zero-order chi connectivity index (χ0) is 23.7. The van der Waals surface area contributed by atoms with Crippen molar-refractivity contribution in [1.29, 1.82) is 0 Å². The highest BCUT2D eigenvalue weighted by Crippen LogP contribution is 2.44. The van der Waals surface area contributed by atoms with Crippen LogP contribution in [0.3, 0.4) is 0 Å². The Morgan fingerprint density at radius 3 is 1.82 bits per heavy atom. The maximum Gasteiger partial charge on any atom is 0.324 e. The van der Waals surface area contributed by atoms with Gasteiger partial charge in [-0.25, -0.2) is 0 Å². The fraction of sp³-hybridized carbons (Fsp3) is 0.385. The molecule has 1 fully saturated rings. The topological polar surface area (TPSA) is 96.0 Å². The second-order valence-corrected chi connectivity index (χ2v) is 8.15. The minimum Gasteiger partial charge on any atom is -0.469 e. The van der Waals surface area contributed by atoms with E-state index in [1.165, 1.54) is 7.11 Å². The maximum atomic E-state index is 13.5. The molecule has 1 aliphatic rings. The zero-order valence-corrected chi connectivity index (χ0v) is 18.7. The first-order valence-corrected chi connectivity index (χ1v) is 11.0. The van der Waals surface area contributed by atoms with Crippen LogP contribution in [0.2, 0.25) is 0 Å². The molecule has 2 aromatic rings. The third kappa shape index (κ3) is 6.06. The van der Waals surface area contributed by atoms with Gasteiger partial charge in [0, 0.05) is 19.3 Å². The SMILES string of the molecule is COC(=O)CCC(C(=O)OCc1ccccc1)(C(=O)OCc1ccccc1)[C@H]1CCC(=O)C1. The minimum atomic E-state index is -1.77. The summed E-state index contributed by atoms with van der Waals surface area (Å²) in [5.74, 6) is -2.77. The molecule has 0 unspecified atom stereocenters. The Morgan fingerprint density at radius 2 is 1.39 bits per heavy atom. The lowest BCUT2D eigenvalue weighted by Gasteiger charge is -2.34. The van der Waals surface area contributed by atoms with E-state index in [2.05, 4.69) is 0 Å². The van der Waals surface area contributed by atoms with E-state index in [1.807, 2.05) is 36.4 Å². The lowest BCUT2D eigenvalue weighted by molar-refractivity contribution is -0.180. The molecule has 7 nitrogen and oxygen atoms in total. The fourth-order valence-electron chi connectivity index (χ4n) is 4.16. The van der Waals surface area contributed by atoms with Crippen LogP contribution in [0.4, 0.5) is 0 Å². The normalized spacial score (nSPS) is 15.7. The van der Waals surface area contributed by atoms with E-state index in [9.17, 15) is 19.2 Å². The summed E-state index contributed by atoms with van der Waals surface area (Å²) in [6.07, 6.45) is 0.340. The van der Waals surface area contributed by atoms with E-state index in [4.69, 9.17) is 14.2 Å². The van der Waals surface area contributed by atoms with Crippen molar-refractivity contribution in [3.63, 3.8) is 0 Å². The van der Waals surface area contributed by atoms with Gasteiger partial charge in [-0.2, -0.15) is 0 Å². The highest BCUT2D eigenvalue weighted by molar-refractivity contribution is 6.02. The first-order valence-electron chi connectivity index (χ1n) is 11.0. The van der Waals surface area contributed by atoms with Crippen LogP contribution in [-0.4, -0.2) is 30.8 Å². The number of Topliss-reactive ketones (excluding diaryl/α,β-unsaturated/α-hetero) is 1. The predicted molar refractivity (Wildman–Crippen MR) is 119 cm³/mol. The van der Waals surface area contributed by atoms with Gasteiger partial charge < -0.3 is 14.2 Å². The number of carbonyl (C=O) groups excluding carboxylic acids is 4. The van der Waals surface area contributed by atoms with Crippen molar-refractivity contribution in [1.82, 2.24) is 0 Å². The smallest absolute Gasteiger partial charge is 0.324 e. The summed E-state index contributed by atoms with van der Waals surface area (Å²) >= 11 is 0. The average Bonchev–Trinajstić information content (AvgIpc) is 3.29. The Balaban J connectivity index is 1.88. The summed E-state index contributed by atoms with van der Waals surface area (Å²) in [6, 6.07) is 18.2. The first-order chi connectivity index (χ1) is 16.0. The minimum absolute atomic E-state index is 0.0332. The summed E-state index contributed by atoms with van der Waals surface area (Å²) in [4.78, 5) is 51.0. The Morgan fingerprint density at radius 1 is 0.879 bits per heavy atom. The van der Waals surface area contributed by atoms with Crippen LogP contribution in [0.1, 0.15) is 43.2 Å². The summed E-state index contributed by atoms with van der Waals surface area (Å²) in [5.41, 5.74) is -0.259. The molecule has 0 heterocycles. The number of ketones is 1. The van der Waals surface area contributed by atoms with E-state index in [1.54, 1.807) is 24.3 Å². The van der Waals surface area contributed by atoms with Gasteiger partial charge in [0.25, 0.3) is 0 Å². The van der Waals surface area contributed by atoms with E-state index < -0.39 is 29.2 Å². The number of ether oxygens (including phenoxy) is 3. The van der Waals surface area contributed by atoms with Crippen LogP contribution >= 0.6 is 0 Å². The molecule has 0 spiro atoms. The van der Waals surface area contributed by atoms with Crippen molar-refractivity contribution >= 4 is 23.7 Å². The van der Waals surface area contributed by atoms with E-state index in [-0.39, 0.29) is 44.7 Å². The number of hydrogen-bond acceptors (Lipinski definition) is 7. The average molecular weight is 453 g/mol. The first kappa shape index (κ1) is 24.2. The lowest BCUT2D eigenvalue weighted by Crippen LogP contribution is -2.47. The summed E-state index contributed by atoms with van der Waals surface area (Å²) in [5, 5.41) is 0. The van der Waals surface area contributed by atoms with E-state index in [0.717, 1.165) is 11.1 Å². The van der Waals surface area contributed by atoms with Crippen molar-refractivity contribution in [2.75, 3.05) is 7.11 Å². The Hall–Kier alpha value is -3.48. The van der Waals surface area contributed by atoms with Crippen LogP contribution in [0.25, 0.3) is 0 Å². The molecule has 0 N–H and O–H groups in total. The van der Waals surface area contributed by atoms with Crippen molar-refractivity contribution in [3.05, 3.63) is 71.8 Å². The summed E-state index contributed by atoms with van der Waals surface area (Å²) < 4.78 is 15.9. The van der Waals surface area contributed by atoms with Crippen LogP contribution in [0, 0.1) is 11.3 Å². The lowest BCUT2D eigenvalue weighted by atomic mass is 9.70. The third-order valence-corrected chi connectivity index (χ3v) is 6.05. The van der Waals surface area contributed by atoms with Crippen LogP contribution in [-0.2, 0) is 46.6 Å².